The van der Waals surface area contributed by atoms with E-state index in [9.17, 15) is 4.79 Å². The maximum absolute atomic E-state index is 11.1. The zero-order valence-corrected chi connectivity index (χ0v) is 15.1. The van der Waals surface area contributed by atoms with Gasteiger partial charge in [0.15, 0.2) is 0 Å². The Morgan fingerprint density at radius 1 is 1.12 bits per heavy atom. The number of rotatable bonds is 8. The Bertz CT molecular complexity index is 520. The van der Waals surface area contributed by atoms with Gasteiger partial charge in [0.25, 0.3) is 0 Å². The third-order valence-electron chi connectivity index (χ3n) is 4.91. The third-order valence-corrected chi connectivity index (χ3v) is 4.91. The van der Waals surface area contributed by atoms with Crippen LogP contribution in [-0.2, 0) is 4.79 Å². The summed E-state index contributed by atoms with van der Waals surface area (Å²) in [6, 6.07) is 8.24. The molecule has 5 nitrogen and oxygen atoms in total. The van der Waals surface area contributed by atoms with Crippen LogP contribution in [0.25, 0.3) is 0 Å². The summed E-state index contributed by atoms with van der Waals surface area (Å²) in [5, 5.41) is 9.14. The molecular formula is C19H30N2O3. The molecule has 1 fully saturated rings. The highest BCUT2D eigenvalue weighted by Crippen LogP contribution is 2.24. The zero-order valence-electron chi connectivity index (χ0n) is 15.1. The number of anilines is 1. The monoisotopic (exact) mass is 334 g/mol. The molecule has 5 heteroatoms. The number of nitrogens with zero attached hydrogens (tertiary/aromatic N) is 2. The average molecular weight is 334 g/mol. The van der Waals surface area contributed by atoms with E-state index in [4.69, 9.17) is 9.84 Å². The smallest absolute Gasteiger partial charge is 0.309 e. The summed E-state index contributed by atoms with van der Waals surface area (Å²) < 4.78 is 5.20. The number of unbranched alkanes of at least 4 members (excludes halogenated alkanes) is 1. The fourth-order valence-corrected chi connectivity index (χ4v) is 3.03. The van der Waals surface area contributed by atoms with Gasteiger partial charge in [0, 0.05) is 31.9 Å². The van der Waals surface area contributed by atoms with Gasteiger partial charge in [-0.05, 0) is 57.5 Å². The number of methoxy groups -OCH3 is 1. The quantitative estimate of drug-likeness (QED) is 0.740. The minimum atomic E-state index is -0.699. The second-order valence-electron chi connectivity index (χ2n) is 7.17. The Morgan fingerprint density at radius 2 is 1.75 bits per heavy atom. The molecule has 0 atom stereocenters. The molecule has 0 bridgehead atoms. The SMILES string of the molecule is COc1ccc(N2CCN(CCCCC(C)(C)C(=O)O)CC2)cc1. The van der Waals surface area contributed by atoms with Crippen LogP contribution in [0, 0.1) is 5.41 Å². The van der Waals surface area contributed by atoms with Crippen LogP contribution in [-0.4, -0.2) is 55.8 Å². The summed E-state index contributed by atoms with van der Waals surface area (Å²) in [6.07, 6.45) is 2.78. The molecule has 1 aliphatic rings. The fraction of sp³-hybridized carbons (Fsp3) is 0.632. The molecule has 0 saturated carbocycles. The molecule has 1 saturated heterocycles. The van der Waals surface area contributed by atoms with E-state index in [0.717, 1.165) is 57.7 Å². The van der Waals surface area contributed by atoms with Gasteiger partial charge in [-0.2, -0.15) is 0 Å². The first-order chi connectivity index (χ1) is 11.4. The van der Waals surface area contributed by atoms with Crippen molar-refractivity contribution in [2.24, 2.45) is 5.41 Å². The molecule has 0 spiro atoms. The molecular weight excluding hydrogens is 304 g/mol. The maximum atomic E-state index is 11.1. The van der Waals surface area contributed by atoms with Gasteiger partial charge in [0.05, 0.1) is 12.5 Å². The van der Waals surface area contributed by atoms with E-state index in [1.807, 2.05) is 26.0 Å². The largest absolute Gasteiger partial charge is 0.497 e. The van der Waals surface area contributed by atoms with E-state index < -0.39 is 11.4 Å². The molecule has 24 heavy (non-hydrogen) atoms. The van der Waals surface area contributed by atoms with Gasteiger partial charge in [-0.1, -0.05) is 6.42 Å². The van der Waals surface area contributed by atoms with Crippen molar-refractivity contribution in [1.82, 2.24) is 4.90 Å². The molecule has 1 aliphatic heterocycles. The van der Waals surface area contributed by atoms with Crippen LogP contribution in [0.1, 0.15) is 33.1 Å². The lowest BCUT2D eigenvalue weighted by atomic mass is 9.87. The van der Waals surface area contributed by atoms with Crippen molar-refractivity contribution in [2.45, 2.75) is 33.1 Å². The first kappa shape index (κ1) is 18.6. The Hall–Kier alpha value is -1.75. The summed E-state index contributed by atoms with van der Waals surface area (Å²) in [5.41, 5.74) is 0.645. The minimum absolute atomic E-state index is 0.604. The van der Waals surface area contributed by atoms with Crippen LogP contribution in [0.5, 0.6) is 5.75 Å². The third kappa shape index (κ3) is 5.13. The average Bonchev–Trinajstić information content (AvgIpc) is 2.59. The van der Waals surface area contributed by atoms with Gasteiger partial charge in [-0.15, -0.1) is 0 Å². The number of hydrogen-bond donors (Lipinski definition) is 1. The van der Waals surface area contributed by atoms with E-state index in [2.05, 4.69) is 21.9 Å². The molecule has 0 aromatic heterocycles. The number of piperazine rings is 1. The second-order valence-corrected chi connectivity index (χ2v) is 7.17. The normalized spacial score (nSPS) is 16.2. The van der Waals surface area contributed by atoms with Crippen LogP contribution < -0.4 is 9.64 Å². The van der Waals surface area contributed by atoms with Crippen LogP contribution in [0.15, 0.2) is 24.3 Å². The predicted octanol–water partition coefficient (Wildman–Crippen LogP) is 3.10. The molecule has 1 N–H and O–H groups in total. The van der Waals surface area contributed by atoms with E-state index in [-0.39, 0.29) is 0 Å². The minimum Gasteiger partial charge on any atom is -0.497 e. The molecule has 1 aromatic carbocycles. The summed E-state index contributed by atoms with van der Waals surface area (Å²) in [4.78, 5) is 16.0. The predicted molar refractivity (Wildman–Crippen MR) is 96.9 cm³/mol. The maximum Gasteiger partial charge on any atom is 0.309 e. The number of ether oxygens (including phenoxy) is 1. The highest BCUT2D eigenvalue weighted by atomic mass is 16.5. The van der Waals surface area contributed by atoms with Crippen molar-refractivity contribution >= 4 is 11.7 Å². The standard InChI is InChI=1S/C19H30N2O3/c1-19(2,18(22)23)10-4-5-11-20-12-14-21(15-13-20)16-6-8-17(24-3)9-7-16/h6-9H,4-5,10-15H2,1-3H3,(H,22,23). The molecule has 2 rings (SSSR count). The summed E-state index contributed by atoms with van der Waals surface area (Å²) in [5.74, 6) is 0.192. The molecule has 0 amide bonds. The Labute approximate surface area is 145 Å². The molecule has 0 aliphatic carbocycles. The van der Waals surface area contributed by atoms with Gasteiger partial charge in [0.2, 0.25) is 0 Å². The number of carboxylic acids is 1. The lowest BCUT2D eigenvalue weighted by Gasteiger charge is -2.36. The number of carboxylic acid groups (broad SMARTS) is 1. The first-order valence-corrected chi connectivity index (χ1v) is 8.77. The molecule has 1 aromatic rings. The van der Waals surface area contributed by atoms with E-state index in [1.54, 1.807) is 7.11 Å². The molecule has 0 radical (unpaired) electrons. The van der Waals surface area contributed by atoms with Gasteiger partial charge in [-0.25, -0.2) is 0 Å². The van der Waals surface area contributed by atoms with Gasteiger partial charge in [-0.3, -0.25) is 9.69 Å². The molecule has 1 heterocycles. The van der Waals surface area contributed by atoms with Crippen molar-refractivity contribution in [3.63, 3.8) is 0 Å². The van der Waals surface area contributed by atoms with E-state index in [1.165, 1.54) is 5.69 Å². The number of aliphatic carboxylic acids is 1. The van der Waals surface area contributed by atoms with E-state index in [0.29, 0.717) is 0 Å². The number of benzene rings is 1. The zero-order chi connectivity index (χ0) is 17.6. The van der Waals surface area contributed by atoms with Gasteiger partial charge >= 0.3 is 5.97 Å². The summed E-state index contributed by atoms with van der Waals surface area (Å²) >= 11 is 0. The van der Waals surface area contributed by atoms with Crippen molar-refractivity contribution < 1.29 is 14.6 Å². The Balaban J connectivity index is 1.68. The second kappa shape index (κ2) is 8.38. The van der Waals surface area contributed by atoms with Crippen molar-refractivity contribution in [1.29, 1.82) is 0 Å². The fourth-order valence-electron chi connectivity index (χ4n) is 3.03. The van der Waals surface area contributed by atoms with Crippen LogP contribution in [0.4, 0.5) is 5.69 Å². The lowest BCUT2D eigenvalue weighted by Crippen LogP contribution is -2.46. The first-order valence-electron chi connectivity index (χ1n) is 8.77. The highest BCUT2D eigenvalue weighted by Gasteiger charge is 2.26. The summed E-state index contributed by atoms with van der Waals surface area (Å²) in [6.45, 7) is 8.88. The highest BCUT2D eigenvalue weighted by molar-refractivity contribution is 5.73. The van der Waals surface area contributed by atoms with Crippen molar-refractivity contribution in [2.75, 3.05) is 44.7 Å². The van der Waals surface area contributed by atoms with Gasteiger partial charge < -0.3 is 14.7 Å². The van der Waals surface area contributed by atoms with Crippen molar-refractivity contribution in [3.8, 4) is 5.75 Å². The van der Waals surface area contributed by atoms with Crippen molar-refractivity contribution in [3.05, 3.63) is 24.3 Å². The topological polar surface area (TPSA) is 53.0 Å². The number of carbonyl (C=O) groups is 1. The lowest BCUT2D eigenvalue weighted by molar-refractivity contribution is -0.147. The van der Waals surface area contributed by atoms with Gasteiger partial charge in [0.1, 0.15) is 5.75 Å². The molecule has 0 unspecified atom stereocenters. The van der Waals surface area contributed by atoms with Crippen LogP contribution in [0.3, 0.4) is 0 Å². The Kier molecular flexibility index (Phi) is 6.49. The van der Waals surface area contributed by atoms with Crippen LogP contribution >= 0.6 is 0 Å². The molecule has 134 valence electrons. The van der Waals surface area contributed by atoms with E-state index >= 15 is 0 Å². The number of hydrogen-bond acceptors (Lipinski definition) is 4. The van der Waals surface area contributed by atoms with Crippen LogP contribution in [0.2, 0.25) is 0 Å². The summed E-state index contributed by atoms with van der Waals surface area (Å²) in [7, 11) is 1.69. The Morgan fingerprint density at radius 3 is 2.29 bits per heavy atom.